The van der Waals surface area contributed by atoms with Crippen LogP contribution in [0.4, 0.5) is 5.82 Å². The van der Waals surface area contributed by atoms with Crippen molar-refractivity contribution in [3.05, 3.63) is 49.1 Å². The lowest BCUT2D eigenvalue weighted by Crippen LogP contribution is -1.94. The van der Waals surface area contributed by atoms with Crippen LogP contribution < -0.4 is 5.73 Å². The van der Waals surface area contributed by atoms with E-state index in [0.29, 0.717) is 5.82 Å². The minimum absolute atomic E-state index is 0.440. The molecule has 0 fully saturated rings. The molecule has 0 saturated carbocycles. The highest BCUT2D eigenvalue weighted by atomic mass is 15.4. The van der Waals surface area contributed by atoms with Crippen molar-refractivity contribution in [2.45, 2.75) is 0 Å². The van der Waals surface area contributed by atoms with Gasteiger partial charge < -0.3 is 10.3 Å². The lowest BCUT2D eigenvalue weighted by molar-refractivity contribution is 0.804. The van der Waals surface area contributed by atoms with Gasteiger partial charge in [0.05, 0.1) is 17.3 Å². The number of aromatic nitrogens is 6. The highest BCUT2D eigenvalue weighted by Gasteiger charge is 2.16. The summed E-state index contributed by atoms with van der Waals surface area (Å²) >= 11 is 0. The molecule has 0 saturated heterocycles. The van der Waals surface area contributed by atoms with Crippen LogP contribution in [0, 0.1) is 0 Å². The molecule has 4 rings (SSSR count). The number of rotatable bonds is 2. The Kier molecular flexibility index (Phi) is 2.65. The topological polar surface area (TPSA) is 87.4 Å². The molecule has 0 aliphatic heterocycles. The van der Waals surface area contributed by atoms with Crippen LogP contribution in [0.5, 0.6) is 0 Å². The van der Waals surface area contributed by atoms with Crippen molar-refractivity contribution >= 4 is 16.9 Å². The summed E-state index contributed by atoms with van der Waals surface area (Å²) in [5.74, 6) is 0.440. The summed E-state index contributed by atoms with van der Waals surface area (Å²) in [5, 5.41) is 9.24. The number of para-hydroxylation sites is 1. The summed E-state index contributed by atoms with van der Waals surface area (Å²) in [6.45, 7) is 0. The van der Waals surface area contributed by atoms with Crippen molar-refractivity contribution in [3.8, 4) is 16.9 Å². The van der Waals surface area contributed by atoms with Gasteiger partial charge in [0.2, 0.25) is 0 Å². The van der Waals surface area contributed by atoms with E-state index in [0.717, 1.165) is 28.0 Å². The molecule has 22 heavy (non-hydrogen) atoms. The molecular formula is C15H13N7. The predicted molar refractivity (Wildman–Crippen MR) is 83.3 cm³/mol. The molecule has 108 valence electrons. The van der Waals surface area contributed by atoms with Crippen LogP contribution >= 0.6 is 0 Å². The molecule has 4 aromatic rings. The Labute approximate surface area is 126 Å². The van der Waals surface area contributed by atoms with Crippen LogP contribution in [-0.4, -0.2) is 29.5 Å². The number of nitrogens with two attached hydrogens (primary N) is 1. The zero-order valence-corrected chi connectivity index (χ0v) is 11.9. The summed E-state index contributed by atoms with van der Waals surface area (Å²) in [6, 6.07) is 9.82. The molecule has 0 aliphatic rings. The van der Waals surface area contributed by atoms with Crippen LogP contribution in [0.15, 0.2) is 49.1 Å². The molecular weight excluding hydrogens is 278 g/mol. The summed E-state index contributed by atoms with van der Waals surface area (Å²) in [5.41, 5.74) is 9.34. The fraction of sp³-hybridized carbons (Fsp3) is 0.0667. The Balaban J connectivity index is 1.89. The maximum atomic E-state index is 6.01. The van der Waals surface area contributed by atoms with Crippen molar-refractivity contribution in [2.75, 3.05) is 5.73 Å². The molecule has 1 aromatic carbocycles. The van der Waals surface area contributed by atoms with E-state index in [1.54, 1.807) is 4.68 Å². The van der Waals surface area contributed by atoms with E-state index in [1.807, 2.05) is 54.3 Å². The first kappa shape index (κ1) is 12.5. The number of benzene rings is 1. The highest BCUT2D eigenvalue weighted by Crippen LogP contribution is 2.30. The molecule has 0 spiro atoms. The van der Waals surface area contributed by atoms with E-state index >= 15 is 0 Å². The van der Waals surface area contributed by atoms with Gasteiger partial charge in [0.25, 0.3) is 0 Å². The van der Waals surface area contributed by atoms with E-state index in [-0.39, 0.29) is 0 Å². The smallest absolute Gasteiger partial charge is 0.145 e. The third kappa shape index (κ3) is 1.83. The van der Waals surface area contributed by atoms with Crippen molar-refractivity contribution in [3.63, 3.8) is 0 Å². The standard InChI is InChI=1S/C15H13N7/c1-21-7-11(13-14(16)17-9-18-15(13)21)12-8-22(20-19-12)10-5-3-2-4-6-10/h2-9H,1H3,(H2,16,17,18). The molecule has 0 atom stereocenters. The summed E-state index contributed by atoms with van der Waals surface area (Å²) in [6.07, 6.45) is 5.27. The zero-order valence-electron chi connectivity index (χ0n) is 11.9. The zero-order chi connectivity index (χ0) is 15.1. The molecule has 3 heterocycles. The average molecular weight is 291 g/mol. The Morgan fingerprint density at radius 1 is 1.05 bits per heavy atom. The second-order valence-corrected chi connectivity index (χ2v) is 5.00. The van der Waals surface area contributed by atoms with Crippen LogP contribution in [0.25, 0.3) is 28.0 Å². The first-order valence-corrected chi connectivity index (χ1v) is 6.77. The molecule has 0 radical (unpaired) electrons. The Hall–Kier alpha value is -3.22. The molecule has 7 nitrogen and oxygen atoms in total. The number of hydrogen-bond acceptors (Lipinski definition) is 5. The fourth-order valence-corrected chi connectivity index (χ4v) is 2.52. The molecule has 7 heteroatoms. The van der Waals surface area contributed by atoms with E-state index in [4.69, 9.17) is 5.73 Å². The van der Waals surface area contributed by atoms with Crippen molar-refractivity contribution < 1.29 is 0 Å². The number of nitrogens with zero attached hydrogens (tertiary/aromatic N) is 6. The lowest BCUT2D eigenvalue weighted by atomic mass is 10.2. The normalized spacial score (nSPS) is 11.1. The summed E-state index contributed by atoms with van der Waals surface area (Å²) < 4.78 is 3.64. The van der Waals surface area contributed by atoms with Gasteiger partial charge in [-0.05, 0) is 12.1 Å². The van der Waals surface area contributed by atoms with Gasteiger partial charge in [-0.25, -0.2) is 14.6 Å². The van der Waals surface area contributed by atoms with Gasteiger partial charge in [0.1, 0.15) is 23.5 Å². The Morgan fingerprint density at radius 2 is 1.86 bits per heavy atom. The van der Waals surface area contributed by atoms with Crippen molar-refractivity contribution in [2.24, 2.45) is 7.05 Å². The number of hydrogen-bond donors (Lipinski definition) is 1. The summed E-state index contributed by atoms with van der Waals surface area (Å²) in [4.78, 5) is 8.34. The Bertz CT molecular complexity index is 953. The second-order valence-electron chi connectivity index (χ2n) is 5.00. The van der Waals surface area contributed by atoms with E-state index < -0.39 is 0 Å². The van der Waals surface area contributed by atoms with Crippen LogP contribution in [0.2, 0.25) is 0 Å². The van der Waals surface area contributed by atoms with Gasteiger partial charge in [-0.2, -0.15) is 0 Å². The number of anilines is 1. The maximum absolute atomic E-state index is 6.01. The third-order valence-corrected chi connectivity index (χ3v) is 3.57. The van der Waals surface area contributed by atoms with Gasteiger partial charge >= 0.3 is 0 Å². The number of nitrogen functional groups attached to an aromatic ring is 1. The first-order valence-electron chi connectivity index (χ1n) is 6.77. The minimum Gasteiger partial charge on any atom is -0.383 e. The van der Waals surface area contributed by atoms with E-state index in [9.17, 15) is 0 Å². The molecule has 0 amide bonds. The van der Waals surface area contributed by atoms with Gasteiger partial charge in [-0.1, -0.05) is 23.4 Å². The van der Waals surface area contributed by atoms with Crippen LogP contribution in [0.1, 0.15) is 0 Å². The van der Waals surface area contributed by atoms with Gasteiger partial charge in [-0.3, -0.25) is 0 Å². The van der Waals surface area contributed by atoms with Gasteiger partial charge in [0.15, 0.2) is 0 Å². The maximum Gasteiger partial charge on any atom is 0.145 e. The van der Waals surface area contributed by atoms with Crippen molar-refractivity contribution in [1.29, 1.82) is 0 Å². The number of aryl methyl sites for hydroxylation is 1. The average Bonchev–Trinajstić information content (AvgIpc) is 3.14. The lowest BCUT2D eigenvalue weighted by Gasteiger charge is -1.98. The Morgan fingerprint density at radius 3 is 2.68 bits per heavy atom. The van der Waals surface area contributed by atoms with Crippen molar-refractivity contribution in [1.82, 2.24) is 29.5 Å². The minimum atomic E-state index is 0.440. The molecule has 0 unspecified atom stereocenters. The molecule has 3 aromatic heterocycles. The summed E-state index contributed by atoms with van der Waals surface area (Å²) in [7, 11) is 1.92. The van der Waals surface area contributed by atoms with Crippen LogP contribution in [0.3, 0.4) is 0 Å². The van der Waals surface area contributed by atoms with Gasteiger partial charge in [-0.15, -0.1) is 5.10 Å². The van der Waals surface area contributed by atoms with E-state index in [1.165, 1.54) is 6.33 Å². The SMILES string of the molecule is Cn1cc(-c2cn(-c3ccccc3)nn2)c2c(N)ncnc21. The molecule has 0 bridgehead atoms. The molecule has 2 N–H and O–H groups in total. The highest BCUT2D eigenvalue weighted by molar-refractivity contribution is 5.99. The quantitative estimate of drug-likeness (QED) is 0.608. The van der Waals surface area contributed by atoms with Gasteiger partial charge in [0, 0.05) is 18.8 Å². The largest absolute Gasteiger partial charge is 0.383 e. The predicted octanol–water partition coefficient (Wildman–Crippen LogP) is 1.80. The second kappa shape index (κ2) is 4.66. The van der Waals surface area contributed by atoms with E-state index in [2.05, 4.69) is 20.3 Å². The first-order chi connectivity index (χ1) is 10.7. The molecule has 0 aliphatic carbocycles. The monoisotopic (exact) mass is 291 g/mol. The number of fused-ring (bicyclic) bond motifs is 1. The third-order valence-electron chi connectivity index (χ3n) is 3.57. The fourth-order valence-electron chi connectivity index (χ4n) is 2.52. The van der Waals surface area contributed by atoms with Crippen LogP contribution in [-0.2, 0) is 7.05 Å².